The van der Waals surface area contributed by atoms with Crippen LogP contribution in [0.4, 0.5) is 38.9 Å². The Morgan fingerprint density at radius 2 is 0.935 bits per heavy atom. The van der Waals surface area contributed by atoms with E-state index in [4.69, 9.17) is 0 Å². The summed E-state index contributed by atoms with van der Waals surface area (Å²) in [7, 11) is -15.1. The minimum Gasteiger partial charge on any atom is -0.744 e. The summed E-state index contributed by atoms with van der Waals surface area (Å²) in [6.45, 7) is 1.85. The Hall–Kier alpha value is -3.88. The molecule has 18 nitrogen and oxygen atoms in total. The number of fused-ring (bicyclic) bond motifs is 3. The number of hydrogen-bond acceptors (Lipinski definition) is 16. The van der Waals surface area contributed by atoms with Gasteiger partial charge in [-0.05, 0) is 113 Å². The number of azo groups is 2. The van der Waals surface area contributed by atoms with Gasteiger partial charge in [0.2, 0.25) is 0 Å². The number of carbonyl (C=O) groups excluding carboxylic acids is 1. The van der Waals surface area contributed by atoms with Crippen LogP contribution in [0.2, 0.25) is 0 Å². The molecular weight excluding hydrogens is 898 g/mol. The molecule has 2 amide bonds. The van der Waals surface area contributed by atoms with Crippen LogP contribution in [0.1, 0.15) is 5.56 Å². The van der Waals surface area contributed by atoms with Crippen molar-refractivity contribution >= 4 is 103 Å². The van der Waals surface area contributed by atoms with Crippen molar-refractivity contribution in [3.05, 3.63) is 115 Å². The van der Waals surface area contributed by atoms with Crippen molar-refractivity contribution < 1.29 is 143 Å². The van der Waals surface area contributed by atoms with Crippen LogP contribution in [-0.4, -0.2) is 55.2 Å². The van der Waals surface area contributed by atoms with Crippen LogP contribution in [0, 0.1) is 6.92 Å². The van der Waals surface area contributed by atoms with E-state index in [9.17, 15) is 53.9 Å². The Balaban J connectivity index is 0.00000282. The van der Waals surface area contributed by atoms with E-state index in [2.05, 4.69) is 31.1 Å². The molecule has 7 aromatic rings. The van der Waals surface area contributed by atoms with Crippen molar-refractivity contribution in [2.24, 2.45) is 20.5 Å². The van der Waals surface area contributed by atoms with Crippen LogP contribution in [0.25, 0.3) is 32.3 Å². The van der Waals surface area contributed by atoms with Gasteiger partial charge in [0.15, 0.2) is 11.5 Å². The van der Waals surface area contributed by atoms with E-state index >= 15 is 0 Å². The van der Waals surface area contributed by atoms with Gasteiger partial charge in [0, 0.05) is 22.1 Å². The van der Waals surface area contributed by atoms with Gasteiger partial charge in [-0.1, -0.05) is 29.8 Å². The Kier molecular flexibility index (Phi) is 16.3. The van der Waals surface area contributed by atoms with E-state index in [0.29, 0.717) is 16.5 Å². The number of phenolic OH excluding ortho intramolecular Hbond substituents is 2. The number of hydrogen-bond donors (Lipinski definition) is 4. The number of aryl methyl sites for hydroxylation is 1. The largest absolute Gasteiger partial charge is 1.00 e. The first-order valence-corrected chi connectivity index (χ1v) is 21.0. The molecule has 0 spiro atoms. The summed E-state index contributed by atoms with van der Waals surface area (Å²) >= 11 is 0. The van der Waals surface area contributed by atoms with Gasteiger partial charge < -0.3 is 34.5 Å². The van der Waals surface area contributed by atoms with E-state index in [1.807, 2.05) is 6.92 Å². The molecule has 62 heavy (non-hydrogen) atoms. The molecule has 0 aromatic heterocycles. The van der Waals surface area contributed by atoms with Crippen molar-refractivity contribution in [1.29, 1.82) is 0 Å². The fourth-order valence-electron chi connectivity index (χ4n) is 5.98. The van der Waals surface area contributed by atoms with Crippen LogP contribution in [0.5, 0.6) is 11.5 Å². The molecule has 24 heteroatoms. The average molecular weight is 923 g/mol. The first kappa shape index (κ1) is 50.8. The summed E-state index contributed by atoms with van der Waals surface area (Å²) in [5.41, 5.74) is 0.322. The second-order valence-corrected chi connectivity index (χ2v) is 17.0. The van der Waals surface area contributed by atoms with Crippen LogP contribution in [-0.2, 0) is 30.4 Å². The topological polar surface area (TPSA) is 303 Å². The maximum atomic E-state index is 13.0. The van der Waals surface area contributed by atoms with Gasteiger partial charge in [-0.25, -0.2) is 30.0 Å². The molecular formula is C38H25N6Na3O12S3. The van der Waals surface area contributed by atoms with Crippen LogP contribution < -0.4 is 99.3 Å². The standard InChI is InChI=1S/C38H28N6O12S3.3Na/c1-20-2-6-25(7-3-20)41-43-34-32(58(51,52)53)18-23-15-26(9-12-30(23)36(34)45)39-38(47)40-27-10-13-31-24(16-27)19-33(59(54,55)56)35(37(31)46)44-42-28-8-4-22-17-29(57(48,49)50)11-5-21(22)14-28;;;/h2-19,45-46H,1H3,(H2,39,40,47)(H,48,49,50)(H,51,52,53)(H,54,55,56);;;/q;3*+1/p-3. The minimum absolute atomic E-state index is 0. The molecule has 0 saturated carbocycles. The summed E-state index contributed by atoms with van der Waals surface area (Å²) in [5.74, 6) is -1.36. The molecule has 300 valence electrons. The third kappa shape index (κ3) is 11.4. The van der Waals surface area contributed by atoms with Gasteiger partial charge >= 0.3 is 94.7 Å². The van der Waals surface area contributed by atoms with Gasteiger partial charge in [-0.2, -0.15) is 10.2 Å². The molecule has 0 aliphatic rings. The molecule has 7 rings (SSSR count). The zero-order chi connectivity index (χ0) is 42.4. The van der Waals surface area contributed by atoms with Crippen molar-refractivity contribution in [3.8, 4) is 11.5 Å². The van der Waals surface area contributed by atoms with Crippen LogP contribution >= 0.6 is 0 Å². The molecule has 0 aliphatic carbocycles. The number of urea groups is 1. The first-order chi connectivity index (χ1) is 27.7. The quantitative estimate of drug-likeness (QED) is 0.0776. The number of carbonyl (C=O) groups is 1. The van der Waals surface area contributed by atoms with Gasteiger partial charge in [0.25, 0.3) is 0 Å². The normalized spacial score (nSPS) is 11.9. The fraction of sp³-hybridized carbons (Fsp3) is 0.0263. The Morgan fingerprint density at radius 3 is 1.40 bits per heavy atom. The van der Waals surface area contributed by atoms with E-state index in [-0.39, 0.29) is 127 Å². The van der Waals surface area contributed by atoms with Crippen LogP contribution in [0.15, 0.2) is 144 Å². The smallest absolute Gasteiger partial charge is 0.744 e. The van der Waals surface area contributed by atoms with Gasteiger partial charge in [0.05, 0.1) is 26.1 Å². The van der Waals surface area contributed by atoms with E-state index in [1.54, 1.807) is 24.3 Å². The van der Waals surface area contributed by atoms with E-state index < -0.39 is 73.9 Å². The molecule has 0 fully saturated rings. The molecule has 0 aliphatic heterocycles. The maximum Gasteiger partial charge on any atom is 1.00 e. The molecule has 0 unspecified atom stereocenters. The summed E-state index contributed by atoms with van der Waals surface area (Å²) in [4.78, 5) is 10.8. The molecule has 0 bridgehead atoms. The van der Waals surface area contributed by atoms with E-state index in [1.165, 1.54) is 66.7 Å². The molecule has 4 N–H and O–H groups in total. The van der Waals surface area contributed by atoms with Crippen molar-refractivity contribution in [1.82, 2.24) is 0 Å². The molecule has 0 saturated heterocycles. The van der Waals surface area contributed by atoms with Crippen molar-refractivity contribution in [2.45, 2.75) is 21.6 Å². The monoisotopic (exact) mass is 922 g/mol. The molecule has 0 atom stereocenters. The molecule has 7 aromatic carbocycles. The third-order valence-electron chi connectivity index (χ3n) is 8.81. The second kappa shape index (κ2) is 19.9. The zero-order valence-electron chi connectivity index (χ0n) is 32.9. The summed E-state index contributed by atoms with van der Waals surface area (Å²) in [6, 6.07) is 23.6. The number of nitrogens with zero attached hydrogens (tertiary/aromatic N) is 4. The van der Waals surface area contributed by atoms with Crippen molar-refractivity contribution in [3.63, 3.8) is 0 Å². The Bertz CT molecular complexity index is 3320. The predicted octanol–water partition coefficient (Wildman–Crippen LogP) is -0.935. The van der Waals surface area contributed by atoms with Crippen molar-refractivity contribution in [2.75, 3.05) is 10.6 Å². The second-order valence-electron chi connectivity index (χ2n) is 12.9. The average Bonchev–Trinajstić information content (AvgIpc) is 3.16. The number of amides is 2. The predicted molar refractivity (Wildman–Crippen MR) is 211 cm³/mol. The number of anilines is 2. The molecule has 0 heterocycles. The Morgan fingerprint density at radius 1 is 0.500 bits per heavy atom. The Labute approximate surface area is 419 Å². The van der Waals surface area contributed by atoms with Gasteiger partial charge in [-0.3, -0.25) is 0 Å². The summed E-state index contributed by atoms with van der Waals surface area (Å²) < 4.78 is 108. The minimum atomic E-state index is -5.27. The number of rotatable bonds is 9. The van der Waals surface area contributed by atoms with E-state index in [0.717, 1.165) is 23.8 Å². The van der Waals surface area contributed by atoms with Gasteiger partial charge in [0.1, 0.15) is 41.7 Å². The zero-order valence-corrected chi connectivity index (χ0v) is 41.3. The molecule has 0 radical (unpaired) electrons. The SMILES string of the molecule is Cc1ccc(N=Nc2c(S(=O)(=O)[O-])cc3cc(NC(=O)Nc4ccc5c(O)c(N=Nc6ccc7cc(S(=O)(=O)[O-])ccc7c6)c(S(=O)(=O)[O-])cc5c4)ccc3c2O)cc1.[Na+].[Na+].[Na+]. The van der Waals surface area contributed by atoms with Crippen LogP contribution in [0.3, 0.4) is 0 Å². The third-order valence-corrected chi connectivity index (χ3v) is 11.3. The number of aromatic hydroxyl groups is 2. The summed E-state index contributed by atoms with van der Waals surface area (Å²) in [5, 5.41) is 43.7. The maximum absolute atomic E-state index is 13.0. The number of nitrogens with one attached hydrogen (secondary N) is 2. The fourth-order valence-corrected chi connectivity index (χ4v) is 7.78. The number of benzene rings is 7. The summed E-state index contributed by atoms with van der Waals surface area (Å²) in [6.07, 6.45) is 0. The first-order valence-electron chi connectivity index (χ1n) is 16.7. The van der Waals surface area contributed by atoms with Gasteiger partial charge in [-0.15, -0.1) is 10.2 Å². The number of phenols is 2.